The second-order valence-electron chi connectivity index (χ2n) is 7.27. The summed E-state index contributed by atoms with van der Waals surface area (Å²) in [5, 5.41) is 1.79. The Labute approximate surface area is 187 Å². The third kappa shape index (κ3) is 4.78. The lowest BCUT2D eigenvalue weighted by atomic mass is 10.1. The van der Waals surface area contributed by atoms with Gasteiger partial charge in [0.05, 0.1) is 26.2 Å². The monoisotopic (exact) mass is 429 g/mol. The molecule has 1 heterocycles. The highest BCUT2D eigenvalue weighted by atomic mass is 16.5. The summed E-state index contributed by atoms with van der Waals surface area (Å²) in [6.45, 7) is 3.25. The maximum absolute atomic E-state index is 6.25. The van der Waals surface area contributed by atoms with Crippen LogP contribution >= 0.6 is 0 Å². The van der Waals surface area contributed by atoms with Crippen molar-refractivity contribution in [1.29, 1.82) is 0 Å². The Bertz CT molecular complexity index is 1260. The predicted molar refractivity (Wildman–Crippen MR) is 126 cm³/mol. The molecule has 164 valence electrons. The Morgan fingerprint density at radius 2 is 1.66 bits per heavy atom. The van der Waals surface area contributed by atoms with Crippen molar-refractivity contribution >= 4 is 11.0 Å². The van der Waals surface area contributed by atoms with Gasteiger partial charge in [0.2, 0.25) is 0 Å². The second-order valence-corrected chi connectivity index (χ2v) is 7.27. The second kappa shape index (κ2) is 10.1. The molecule has 32 heavy (non-hydrogen) atoms. The van der Waals surface area contributed by atoms with Gasteiger partial charge in [-0.05, 0) is 55.3 Å². The van der Waals surface area contributed by atoms with Gasteiger partial charge in [-0.2, -0.15) is 0 Å². The minimum Gasteiger partial charge on any atom is -0.494 e. The van der Waals surface area contributed by atoms with Crippen LogP contribution in [0.15, 0.2) is 82.2 Å². The van der Waals surface area contributed by atoms with Crippen LogP contribution in [0.5, 0.6) is 17.2 Å². The molecular weight excluding hydrogens is 402 g/mol. The quantitative estimate of drug-likeness (QED) is 0.363. The molecule has 0 radical (unpaired) electrons. The van der Waals surface area contributed by atoms with Crippen LogP contribution < -0.4 is 19.6 Å². The number of fused-ring (bicyclic) bond motifs is 1. The van der Waals surface area contributed by atoms with Crippen molar-refractivity contribution in [3.05, 3.63) is 83.7 Å². The molecule has 4 rings (SSSR count). The van der Waals surface area contributed by atoms with Crippen molar-refractivity contribution in [3.8, 4) is 28.6 Å². The van der Waals surface area contributed by atoms with Gasteiger partial charge in [0.1, 0.15) is 17.1 Å². The maximum Gasteiger partial charge on any atom is 0.161 e. The predicted octanol–water partition coefficient (Wildman–Crippen LogP) is 5.66. The molecule has 3 aromatic carbocycles. The minimum atomic E-state index is 0.604. The number of hydrogen-bond acceptors (Lipinski definition) is 5. The molecule has 0 aliphatic heterocycles. The Hall–Kier alpha value is -3.73. The van der Waals surface area contributed by atoms with Gasteiger partial charge in [0.15, 0.2) is 11.5 Å². The molecule has 0 aliphatic carbocycles. The van der Waals surface area contributed by atoms with Gasteiger partial charge >= 0.3 is 0 Å². The Kier molecular flexibility index (Phi) is 6.75. The van der Waals surface area contributed by atoms with Crippen LogP contribution in [0.1, 0.15) is 12.5 Å². The Morgan fingerprint density at radius 3 is 2.41 bits per heavy atom. The zero-order valence-electron chi connectivity index (χ0n) is 18.6. The third-order valence-corrected chi connectivity index (χ3v) is 5.22. The molecule has 4 aromatic rings. The van der Waals surface area contributed by atoms with E-state index in [9.17, 15) is 0 Å². The molecule has 5 heteroatoms. The van der Waals surface area contributed by atoms with E-state index < -0.39 is 0 Å². The Morgan fingerprint density at radius 1 is 0.844 bits per heavy atom. The van der Waals surface area contributed by atoms with Crippen molar-refractivity contribution in [2.24, 2.45) is 4.99 Å². The fourth-order valence-electron chi connectivity index (χ4n) is 3.62. The molecule has 0 amide bonds. The molecule has 0 saturated carbocycles. The van der Waals surface area contributed by atoms with Crippen molar-refractivity contribution in [3.63, 3.8) is 0 Å². The lowest BCUT2D eigenvalue weighted by Crippen LogP contribution is -2.07. The standard InChI is InChI=1S/C27H27NO4/c1-4-31-21-11-13-24-22(17-21)23(28-15-14-19-8-6-5-7-9-19)18-26(32-24)20-10-12-25(29-2)27(16-20)30-3/h5-13,16-18H,4,14-15H2,1-3H3. The van der Waals surface area contributed by atoms with E-state index in [0.717, 1.165) is 34.1 Å². The number of benzene rings is 3. The molecule has 0 spiro atoms. The van der Waals surface area contributed by atoms with Gasteiger partial charge in [-0.15, -0.1) is 0 Å². The van der Waals surface area contributed by atoms with E-state index >= 15 is 0 Å². The van der Waals surface area contributed by atoms with E-state index in [1.54, 1.807) is 14.2 Å². The van der Waals surface area contributed by atoms with E-state index in [1.165, 1.54) is 5.56 Å². The highest BCUT2D eigenvalue weighted by molar-refractivity contribution is 5.80. The van der Waals surface area contributed by atoms with Gasteiger partial charge in [0.25, 0.3) is 0 Å². The highest BCUT2D eigenvalue weighted by Gasteiger charge is 2.11. The first-order chi connectivity index (χ1) is 15.7. The van der Waals surface area contributed by atoms with Crippen molar-refractivity contribution in [1.82, 2.24) is 0 Å². The van der Waals surface area contributed by atoms with Gasteiger partial charge in [0, 0.05) is 23.6 Å². The normalized spacial score (nSPS) is 11.5. The first-order valence-corrected chi connectivity index (χ1v) is 10.7. The van der Waals surface area contributed by atoms with Gasteiger partial charge in [-0.3, -0.25) is 4.99 Å². The van der Waals surface area contributed by atoms with Crippen LogP contribution in [-0.4, -0.2) is 27.4 Å². The third-order valence-electron chi connectivity index (χ3n) is 5.22. The average molecular weight is 430 g/mol. The SMILES string of the molecule is CCOc1ccc2oc(-c3ccc(OC)c(OC)c3)cc(=NCCc3ccccc3)c2c1. The highest BCUT2D eigenvalue weighted by Crippen LogP contribution is 2.33. The molecule has 0 bridgehead atoms. The zero-order valence-corrected chi connectivity index (χ0v) is 18.6. The zero-order chi connectivity index (χ0) is 22.3. The summed E-state index contributed by atoms with van der Waals surface area (Å²) >= 11 is 0. The number of methoxy groups -OCH3 is 2. The molecule has 0 N–H and O–H groups in total. The first kappa shape index (κ1) is 21.5. The van der Waals surface area contributed by atoms with E-state index in [1.807, 2.05) is 55.5 Å². The summed E-state index contributed by atoms with van der Waals surface area (Å²) in [5.41, 5.74) is 2.90. The summed E-state index contributed by atoms with van der Waals surface area (Å²) in [6, 6.07) is 23.9. The maximum atomic E-state index is 6.25. The van der Waals surface area contributed by atoms with Crippen LogP contribution in [0, 0.1) is 0 Å². The van der Waals surface area contributed by atoms with E-state index in [0.29, 0.717) is 30.4 Å². The summed E-state index contributed by atoms with van der Waals surface area (Å²) in [6.07, 6.45) is 0.866. The molecule has 5 nitrogen and oxygen atoms in total. The fourth-order valence-corrected chi connectivity index (χ4v) is 3.62. The molecule has 0 aliphatic rings. The van der Waals surface area contributed by atoms with Crippen LogP contribution in [0.2, 0.25) is 0 Å². The summed E-state index contributed by atoms with van der Waals surface area (Å²) < 4.78 is 22.8. The molecular formula is C27H27NO4. The van der Waals surface area contributed by atoms with Crippen LogP contribution in [0.25, 0.3) is 22.3 Å². The van der Waals surface area contributed by atoms with Gasteiger partial charge in [-0.1, -0.05) is 30.3 Å². The lowest BCUT2D eigenvalue weighted by Gasteiger charge is -2.11. The number of rotatable bonds is 8. The number of hydrogen-bond donors (Lipinski definition) is 0. The van der Waals surface area contributed by atoms with Crippen molar-refractivity contribution in [2.45, 2.75) is 13.3 Å². The van der Waals surface area contributed by atoms with E-state index in [2.05, 4.69) is 24.3 Å². The largest absolute Gasteiger partial charge is 0.494 e. The van der Waals surface area contributed by atoms with Crippen LogP contribution in [0.4, 0.5) is 0 Å². The summed E-state index contributed by atoms with van der Waals surface area (Å²) in [7, 11) is 3.25. The smallest absolute Gasteiger partial charge is 0.161 e. The minimum absolute atomic E-state index is 0.604. The van der Waals surface area contributed by atoms with E-state index in [4.69, 9.17) is 23.6 Å². The summed E-state index contributed by atoms with van der Waals surface area (Å²) in [5.74, 6) is 2.83. The van der Waals surface area contributed by atoms with Crippen molar-refractivity contribution < 1.29 is 18.6 Å². The molecule has 1 aromatic heterocycles. The molecule has 0 unspecified atom stereocenters. The van der Waals surface area contributed by atoms with Gasteiger partial charge in [-0.25, -0.2) is 0 Å². The summed E-state index contributed by atoms with van der Waals surface area (Å²) in [4.78, 5) is 4.92. The van der Waals surface area contributed by atoms with Crippen molar-refractivity contribution in [2.75, 3.05) is 27.4 Å². The fraction of sp³-hybridized carbons (Fsp3) is 0.222. The van der Waals surface area contributed by atoms with Gasteiger partial charge < -0.3 is 18.6 Å². The van der Waals surface area contributed by atoms with E-state index in [-0.39, 0.29) is 0 Å². The van der Waals surface area contributed by atoms with Crippen LogP contribution in [0.3, 0.4) is 0 Å². The number of ether oxygens (including phenoxy) is 3. The van der Waals surface area contributed by atoms with Crippen LogP contribution in [-0.2, 0) is 6.42 Å². The first-order valence-electron chi connectivity index (χ1n) is 10.7. The molecule has 0 fully saturated rings. The average Bonchev–Trinajstić information content (AvgIpc) is 2.84. The molecule has 0 saturated heterocycles. The lowest BCUT2D eigenvalue weighted by molar-refractivity contribution is 0.340. The number of nitrogens with zero attached hydrogens (tertiary/aromatic N) is 1. The Balaban J connectivity index is 1.79. The molecule has 0 atom stereocenters. The topological polar surface area (TPSA) is 53.2 Å².